The van der Waals surface area contributed by atoms with Gasteiger partial charge in [0.05, 0.1) is 18.1 Å². The van der Waals surface area contributed by atoms with Gasteiger partial charge in [0.1, 0.15) is 5.82 Å². The number of nitrogens with zero attached hydrogens (tertiary/aromatic N) is 2. The second kappa shape index (κ2) is 7.15. The summed E-state index contributed by atoms with van der Waals surface area (Å²) in [6, 6.07) is 4.77. The number of amides is 2. The van der Waals surface area contributed by atoms with Gasteiger partial charge in [0, 0.05) is 22.0 Å². The Kier molecular flexibility index (Phi) is 5.44. The van der Waals surface area contributed by atoms with Crippen molar-refractivity contribution in [2.24, 2.45) is 0 Å². The predicted octanol–water partition coefficient (Wildman–Crippen LogP) is 4.40. The second-order valence-electron chi connectivity index (χ2n) is 6.09. The minimum Gasteiger partial charge on any atom is -0.334 e. The van der Waals surface area contributed by atoms with Crippen LogP contribution in [0.2, 0.25) is 10.0 Å². The lowest BCUT2D eigenvalue weighted by molar-refractivity contribution is 0.251. The second-order valence-corrected chi connectivity index (χ2v) is 6.93. The molecule has 0 unspecified atom stereocenters. The van der Waals surface area contributed by atoms with Gasteiger partial charge < -0.3 is 10.6 Å². The molecule has 2 aromatic rings. The maximum absolute atomic E-state index is 11.9. The summed E-state index contributed by atoms with van der Waals surface area (Å²) in [6.07, 6.45) is 3.17. The highest BCUT2D eigenvalue weighted by atomic mass is 35.5. The van der Waals surface area contributed by atoms with Crippen LogP contribution in [0.3, 0.4) is 0 Å². The van der Waals surface area contributed by atoms with Gasteiger partial charge in [-0.3, -0.25) is 0 Å². The molecule has 2 N–H and O–H groups in total. The summed E-state index contributed by atoms with van der Waals surface area (Å²) in [4.78, 5) is 20.4. The van der Waals surface area contributed by atoms with Crippen molar-refractivity contribution in [1.29, 1.82) is 0 Å². The quantitative estimate of drug-likeness (QED) is 0.859. The number of benzene rings is 1. The van der Waals surface area contributed by atoms with E-state index in [1.54, 1.807) is 30.6 Å². The number of aromatic nitrogens is 2. The van der Waals surface area contributed by atoms with E-state index < -0.39 is 0 Å². The monoisotopic (exact) mass is 352 g/mol. The van der Waals surface area contributed by atoms with Crippen LogP contribution in [-0.2, 0) is 12.0 Å². The molecule has 0 aliphatic carbocycles. The van der Waals surface area contributed by atoms with Crippen LogP contribution < -0.4 is 10.6 Å². The maximum Gasteiger partial charge on any atom is 0.319 e. The molecule has 1 aromatic carbocycles. The molecule has 0 atom stereocenters. The number of rotatable bonds is 3. The van der Waals surface area contributed by atoms with Crippen LogP contribution in [0, 0.1) is 0 Å². The molecule has 0 saturated heterocycles. The van der Waals surface area contributed by atoms with Gasteiger partial charge in [-0.25, -0.2) is 14.8 Å². The minimum atomic E-state index is -0.358. The molecule has 0 aliphatic heterocycles. The summed E-state index contributed by atoms with van der Waals surface area (Å²) in [5.41, 5.74) is 1.18. The van der Waals surface area contributed by atoms with Gasteiger partial charge in [-0.05, 0) is 17.7 Å². The zero-order chi connectivity index (χ0) is 17.0. The van der Waals surface area contributed by atoms with Gasteiger partial charge in [0.25, 0.3) is 0 Å². The van der Waals surface area contributed by atoms with E-state index in [0.29, 0.717) is 22.3 Å². The first-order chi connectivity index (χ1) is 10.8. The molecule has 2 rings (SSSR count). The van der Waals surface area contributed by atoms with Gasteiger partial charge in [0.2, 0.25) is 0 Å². The number of halogens is 2. The topological polar surface area (TPSA) is 66.9 Å². The van der Waals surface area contributed by atoms with Crippen molar-refractivity contribution in [3.05, 3.63) is 52.0 Å². The third-order valence-corrected chi connectivity index (χ3v) is 3.62. The predicted molar refractivity (Wildman–Crippen MR) is 93.1 cm³/mol. The number of carbonyl (C=O) groups is 1. The zero-order valence-corrected chi connectivity index (χ0v) is 14.7. The Morgan fingerprint density at radius 2 is 1.83 bits per heavy atom. The minimum absolute atomic E-state index is 0.133. The first-order valence-corrected chi connectivity index (χ1v) is 7.82. The lowest BCUT2D eigenvalue weighted by Gasteiger charge is -2.16. The molecule has 7 heteroatoms. The summed E-state index contributed by atoms with van der Waals surface area (Å²) in [5.74, 6) is 0.719. The molecule has 1 heterocycles. The molecular weight excluding hydrogens is 335 g/mol. The van der Waals surface area contributed by atoms with Crippen molar-refractivity contribution in [3.63, 3.8) is 0 Å². The molecule has 23 heavy (non-hydrogen) atoms. The van der Waals surface area contributed by atoms with E-state index in [4.69, 9.17) is 23.2 Å². The third kappa shape index (κ3) is 5.08. The van der Waals surface area contributed by atoms with Crippen LogP contribution in [0.5, 0.6) is 0 Å². The van der Waals surface area contributed by atoms with Crippen LogP contribution >= 0.6 is 23.2 Å². The van der Waals surface area contributed by atoms with E-state index in [9.17, 15) is 4.79 Å². The van der Waals surface area contributed by atoms with E-state index in [0.717, 1.165) is 11.4 Å². The first-order valence-electron chi connectivity index (χ1n) is 7.07. The molecule has 122 valence electrons. The van der Waals surface area contributed by atoms with Gasteiger partial charge in [-0.2, -0.15) is 0 Å². The van der Waals surface area contributed by atoms with E-state index in [1.165, 1.54) is 0 Å². The number of urea groups is 1. The van der Waals surface area contributed by atoms with Crippen molar-refractivity contribution in [2.75, 3.05) is 5.32 Å². The molecule has 0 bridgehead atoms. The molecular formula is C16H18Cl2N4O. The Bertz CT molecular complexity index is 696. The highest BCUT2D eigenvalue weighted by Crippen LogP contribution is 2.21. The SMILES string of the molecule is CC(C)(C)c1ncc(NC(=O)NCc2ccc(Cl)cc2Cl)cn1. The van der Waals surface area contributed by atoms with Gasteiger partial charge in [0.15, 0.2) is 0 Å². The number of nitrogens with one attached hydrogen (secondary N) is 2. The fourth-order valence-electron chi connectivity index (χ4n) is 1.80. The van der Waals surface area contributed by atoms with Crippen molar-refractivity contribution in [3.8, 4) is 0 Å². The summed E-state index contributed by atoms with van der Waals surface area (Å²) in [6.45, 7) is 6.37. The van der Waals surface area contributed by atoms with E-state index >= 15 is 0 Å². The molecule has 2 amide bonds. The van der Waals surface area contributed by atoms with Crippen LogP contribution in [0.4, 0.5) is 10.5 Å². The molecule has 0 saturated carbocycles. The first kappa shape index (κ1) is 17.5. The Hall–Kier alpha value is -1.85. The smallest absolute Gasteiger partial charge is 0.319 e. The van der Waals surface area contributed by atoms with Gasteiger partial charge in [-0.1, -0.05) is 50.0 Å². The van der Waals surface area contributed by atoms with Crippen molar-refractivity contribution in [1.82, 2.24) is 15.3 Å². The van der Waals surface area contributed by atoms with Crippen LogP contribution in [0.1, 0.15) is 32.2 Å². The highest BCUT2D eigenvalue weighted by Gasteiger charge is 2.16. The largest absolute Gasteiger partial charge is 0.334 e. The molecule has 1 aromatic heterocycles. The molecule has 0 aliphatic rings. The van der Waals surface area contributed by atoms with Crippen molar-refractivity contribution >= 4 is 34.9 Å². The van der Waals surface area contributed by atoms with Gasteiger partial charge in [-0.15, -0.1) is 0 Å². The van der Waals surface area contributed by atoms with Crippen LogP contribution in [0.15, 0.2) is 30.6 Å². The number of anilines is 1. The fraction of sp³-hybridized carbons (Fsp3) is 0.312. The van der Waals surface area contributed by atoms with Gasteiger partial charge >= 0.3 is 6.03 Å². The average Bonchev–Trinajstić information content (AvgIpc) is 2.46. The van der Waals surface area contributed by atoms with Crippen molar-refractivity contribution < 1.29 is 4.79 Å². The standard InChI is InChI=1S/C16H18Cl2N4O/c1-16(2,3)14-19-8-12(9-20-14)22-15(23)21-7-10-4-5-11(17)6-13(10)18/h4-6,8-9H,7H2,1-3H3,(H2,21,22,23). The lowest BCUT2D eigenvalue weighted by Crippen LogP contribution is -2.28. The Labute approximate surface area is 145 Å². The Morgan fingerprint density at radius 1 is 1.17 bits per heavy atom. The summed E-state index contributed by atoms with van der Waals surface area (Å²) >= 11 is 11.9. The number of hydrogen-bond donors (Lipinski definition) is 2. The van der Waals surface area contributed by atoms with Crippen LogP contribution in [0.25, 0.3) is 0 Å². The molecule has 5 nitrogen and oxygen atoms in total. The van der Waals surface area contributed by atoms with Crippen molar-refractivity contribution in [2.45, 2.75) is 32.7 Å². The van der Waals surface area contributed by atoms with E-state index in [2.05, 4.69) is 20.6 Å². The highest BCUT2D eigenvalue weighted by molar-refractivity contribution is 6.35. The number of carbonyl (C=O) groups excluding carboxylic acids is 1. The summed E-state index contributed by atoms with van der Waals surface area (Å²) < 4.78 is 0. The summed E-state index contributed by atoms with van der Waals surface area (Å²) in [5, 5.41) is 6.46. The molecule has 0 spiro atoms. The average molecular weight is 353 g/mol. The van der Waals surface area contributed by atoms with E-state index in [1.807, 2.05) is 20.8 Å². The normalized spacial score (nSPS) is 11.2. The maximum atomic E-state index is 11.9. The Balaban J connectivity index is 1.92. The summed E-state index contributed by atoms with van der Waals surface area (Å²) in [7, 11) is 0. The van der Waals surface area contributed by atoms with E-state index in [-0.39, 0.29) is 11.4 Å². The Morgan fingerprint density at radius 3 is 2.39 bits per heavy atom. The lowest BCUT2D eigenvalue weighted by atomic mass is 9.96. The molecule has 0 radical (unpaired) electrons. The zero-order valence-electron chi connectivity index (χ0n) is 13.2. The fourth-order valence-corrected chi connectivity index (χ4v) is 2.27. The molecule has 0 fully saturated rings. The number of hydrogen-bond acceptors (Lipinski definition) is 3. The van der Waals surface area contributed by atoms with Crippen LogP contribution in [-0.4, -0.2) is 16.0 Å². The third-order valence-electron chi connectivity index (χ3n) is 3.04.